The number of methoxy groups -OCH3 is 2. The minimum absolute atomic E-state index is 0.0403. The van der Waals surface area contributed by atoms with Crippen LogP contribution in [-0.4, -0.2) is 34.6 Å². The summed E-state index contributed by atoms with van der Waals surface area (Å²) in [5.41, 5.74) is 6.29. The Morgan fingerprint density at radius 3 is 1.88 bits per heavy atom. The van der Waals surface area contributed by atoms with Crippen LogP contribution in [0.3, 0.4) is 0 Å². The molecule has 0 saturated heterocycles. The first-order valence-corrected chi connectivity index (χ1v) is 14.0. The molecule has 0 radical (unpaired) electrons. The normalized spacial score (nSPS) is 16.3. The Balaban J connectivity index is 0.000000291. The average molecular weight is 571 g/mol. The lowest BCUT2D eigenvalue weighted by atomic mass is 9.79. The van der Waals surface area contributed by atoms with Gasteiger partial charge in [0.25, 0.3) is 0 Å². The van der Waals surface area contributed by atoms with Gasteiger partial charge in [0.15, 0.2) is 11.5 Å². The van der Waals surface area contributed by atoms with Crippen molar-refractivity contribution in [1.29, 1.82) is 0 Å². The second-order valence-corrected chi connectivity index (χ2v) is 9.95. The van der Waals surface area contributed by atoms with Crippen LogP contribution < -0.4 is 9.47 Å². The number of rotatable bonds is 11. The minimum atomic E-state index is -0.0714. The van der Waals surface area contributed by atoms with Crippen molar-refractivity contribution in [2.75, 3.05) is 14.2 Å². The molecule has 1 aliphatic carbocycles. The molecule has 0 heterocycles. The van der Waals surface area contributed by atoms with Gasteiger partial charge in [-0.15, -0.1) is 0 Å². The molecule has 0 aromatic heterocycles. The largest absolute Gasteiger partial charge is 0.493 e. The van der Waals surface area contributed by atoms with Gasteiger partial charge in [-0.3, -0.25) is 0 Å². The highest BCUT2D eigenvalue weighted by molar-refractivity contribution is 5.54. The molecule has 0 fully saturated rings. The van der Waals surface area contributed by atoms with E-state index in [4.69, 9.17) is 19.7 Å². The van der Waals surface area contributed by atoms with Crippen LogP contribution in [0.1, 0.15) is 57.7 Å². The average Bonchev–Trinajstić information content (AvgIpc) is 3.06. The topological polar surface area (TPSA) is 99.4 Å². The van der Waals surface area contributed by atoms with Gasteiger partial charge in [-0.25, -0.2) is 0 Å². The lowest BCUT2D eigenvalue weighted by molar-refractivity contribution is 0.260. The number of allylic oxidation sites excluding steroid dienone is 5. The zero-order chi connectivity index (χ0) is 30.3. The third-order valence-electron chi connectivity index (χ3n) is 7.37. The number of hydrogen-bond donors (Lipinski definition) is 4. The smallest absolute Gasteiger partial charge is 0.161 e. The summed E-state index contributed by atoms with van der Waals surface area (Å²) < 4.78 is 10.8. The van der Waals surface area contributed by atoms with Crippen molar-refractivity contribution in [3.05, 3.63) is 131 Å². The van der Waals surface area contributed by atoms with Crippen molar-refractivity contribution < 1.29 is 29.9 Å². The van der Waals surface area contributed by atoms with E-state index >= 15 is 0 Å². The Labute approximate surface area is 249 Å². The molecule has 6 heteroatoms. The van der Waals surface area contributed by atoms with Crippen molar-refractivity contribution in [1.82, 2.24) is 0 Å². The highest BCUT2D eigenvalue weighted by atomic mass is 16.5. The predicted octanol–water partition coefficient (Wildman–Crippen LogP) is 6.32. The minimum Gasteiger partial charge on any atom is -0.493 e. The molecule has 3 aromatic carbocycles. The van der Waals surface area contributed by atoms with Gasteiger partial charge in [0.05, 0.1) is 40.6 Å². The van der Waals surface area contributed by atoms with Gasteiger partial charge in [0.1, 0.15) is 0 Å². The summed E-state index contributed by atoms with van der Waals surface area (Å²) in [6.07, 6.45) is 16.4. The Morgan fingerprint density at radius 2 is 1.33 bits per heavy atom. The molecule has 2 atom stereocenters. The molecule has 6 nitrogen and oxygen atoms in total. The maximum Gasteiger partial charge on any atom is 0.161 e. The molecule has 0 spiro atoms. The van der Waals surface area contributed by atoms with Crippen LogP contribution in [0.25, 0.3) is 12.2 Å². The van der Waals surface area contributed by atoms with Gasteiger partial charge in [-0.1, -0.05) is 79.4 Å². The predicted molar refractivity (Wildman–Crippen MR) is 169 cm³/mol. The summed E-state index contributed by atoms with van der Waals surface area (Å²) in [6.45, 7) is 3.35. The van der Waals surface area contributed by atoms with Gasteiger partial charge in [-0.05, 0) is 82.0 Å². The van der Waals surface area contributed by atoms with Gasteiger partial charge in [0.2, 0.25) is 0 Å². The Bertz CT molecular complexity index is 1390. The molecule has 4 rings (SSSR count). The number of ether oxygens (including phenoxy) is 2. The Morgan fingerprint density at radius 1 is 0.738 bits per heavy atom. The van der Waals surface area contributed by atoms with Crippen LogP contribution in [-0.2, 0) is 26.4 Å². The fraction of sp³-hybridized carbons (Fsp3) is 0.278. The van der Waals surface area contributed by atoms with Crippen molar-refractivity contribution in [2.24, 2.45) is 5.92 Å². The number of aliphatic hydroxyl groups is 4. The van der Waals surface area contributed by atoms with E-state index in [1.807, 2.05) is 54.6 Å². The first-order chi connectivity index (χ1) is 20.5. The fourth-order valence-corrected chi connectivity index (χ4v) is 5.00. The fourth-order valence-electron chi connectivity index (χ4n) is 5.00. The summed E-state index contributed by atoms with van der Waals surface area (Å²) >= 11 is 0. The van der Waals surface area contributed by atoms with E-state index in [0.29, 0.717) is 5.92 Å². The Hall–Kier alpha value is -3.94. The molecule has 3 aromatic rings. The maximum atomic E-state index is 9.51. The second-order valence-electron chi connectivity index (χ2n) is 9.95. The molecule has 0 aliphatic heterocycles. The van der Waals surface area contributed by atoms with Gasteiger partial charge >= 0.3 is 0 Å². The van der Waals surface area contributed by atoms with E-state index in [-0.39, 0.29) is 32.3 Å². The summed E-state index contributed by atoms with van der Waals surface area (Å²) in [5, 5.41) is 36.9. The molecule has 0 amide bonds. The van der Waals surface area contributed by atoms with Crippen molar-refractivity contribution in [3.63, 3.8) is 0 Å². The molecule has 222 valence electrons. The highest BCUT2D eigenvalue weighted by Gasteiger charge is 2.22. The molecule has 1 aliphatic rings. The van der Waals surface area contributed by atoms with Crippen LogP contribution in [0, 0.1) is 5.92 Å². The maximum absolute atomic E-state index is 9.51. The first kappa shape index (κ1) is 32.6. The van der Waals surface area contributed by atoms with Crippen molar-refractivity contribution >= 4 is 12.2 Å². The molecule has 0 bridgehead atoms. The summed E-state index contributed by atoms with van der Waals surface area (Å²) in [6, 6.07) is 17.5. The van der Waals surface area contributed by atoms with Crippen molar-refractivity contribution in [3.8, 4) is 11.5 Å². The van der Waals surface area contributed by atoms with E-state index in [1.165, 1.54) is 5.56 Å². The number of benzene rings is 3. The van der Waals surface area contributed by atoms with Crippen LogP contribution in [0.15, 0.2) is 91.6 Å². The molecular weight excluding hydrogens is 528 g/mol. The third kappa shape index (κ3) is 8.78. The summed E-state index contributed by atoms with van der Waals surface area (Å²) in [7, 11) is 3.30. The zero-order valence-corrected chi connectivity index (χ0v) is 24.4. The van der Waals surface area contributed by atoms with Gasteiger partial charge < -0.3 is 29.9 Å². The molecular formula is C36H42O6. The van der Waals surface area contributed by atoms with E-state index < -0.39 is 0 Å². The van der Waals surface area contributed by atoms with Crippen molar-refractivity contribution in [2.45, 2.75) is 45.2 Å². The Kier molecular flexibility index (Phi) is 13.3. The monoisotopic (exact) mass is 570 g/mol. The van der Waals surface area contributed by atoms with Crippen LogP contribution in [0.5, 0.6) is 11.5 Å². The molecule has 42 heavy (non-hydrogen) atoms. The van der Waals surface area contributed by atoms with E-state index in [9.17, 15) is 10.2 Å². The SMILES string of the molecule is C=C/C=C/c1ccc(CO)c(CO)c1.COc1ccc(C2C=CCCC2/C=C/c2ccc(CO)c(CO)c2)cc1OC. The first-order valence-electron chi connectivity index (χ1n) is 14.0. The number of aliphatic hydroxyl groups excluding tert-OH is 4. The standard InChI is InChI=1S/C24H28O4.C12H14O2/c1-27-23-12-11-19(14-24(23)28-2)22-6-4-3-5-18(22)9-7-17-8-10-20(15-25)21(13-17)16-26;1-2-3-4-10-5-6-11(8-13)12(7-10)9-14/h4,6-14,18,22,25-26H,3,5,15-16H2,1-2H3;2-7,13-14H,1,8-9H2/b9-7+;4-3+. The summed E-state index contributed by atoms with van der Waals surface area (Å²) in [5.74, 6) is 2.13. The van der Waals surface area contributed by atoms with Crippen LogP contribution >= 0.6 is 0 Å². The lowest BCUT2D eigenvalue weighted by Crippen LogP contribution is -2.12. The molecule has 4 N–H and O–H groups in total. The molecule has 0 saturated carbocycles. The van der Waals surface area contributed by atoms with Gasteiger partial charge in [0, 0.05) is 5.92 Å². The quantitative estimate of drug-likeness (QED) is 0.159. The van der Waals surface area contributed by atoms with E-state index in [1.54, 1.807) is 20.3 Å². The lowest BCUT2D eigenvalue weighted by Gasteiger charge is -2.26. The van der Waals surface area contributed by atoms with Gasteiger partial charge in [-0.2, -0.15) is 0 Å². The molecule has 2 unspecified atom stereocenters. The highest BCUT2D eigenvalue weighted by Crippen LogP contribution is 2.38. The second kappa shape index (κ2) is 17.1. The van der Waals surface area contributed by atoms with E-state index in [2.05, 4.69) is 43.0 Å². The van der Waals surface area contributed by atoms with Crippen LogP contribution in [0.4, 0.5) is 0 Å². The summed E-state index contributed by atoms with van der Waals surface area (Å²) in [4.78, 5) is 0. The number of hydrogen-bond acceptors (Lipinski definition) is 6. The third-order valence-corrected chi connectivity index (χ3v) is 7.37. The van der Waals surface area contributed by atoms with E-state index in [0.717, 1.165) is 57.7 Å². The van der Waals surface area contributed by atoms with Crippen LogP contribution in [0.2, 0.25) is 0 Å². The zero-order valence-electron chi connectivity index (χ0n) is 24.4.